The minimum atomic E-state index is -0.372. The summed E-state index contributed by atoms with van der Waals surface area (Å²) in [5, 5.41) is 14.2. The summed E-state index contributed by atoms with van der Waals surface area (Å²) in [6.45, 7) is 1.72. The third kappa shape index (κ3) is 4.69. The zero-order valence-electron chi connectivity index (χ0n) is 16.1. The van der Waals surface area contributed by atoms with E-state index in [2.05, 4.69) is 20.8 Å². The second-order valence-corrected chi connectivity index (χ2v) is 6.75. The van der Waals surface area contributed by atoms with Crippen molar-refractivity contribution in [1.82, 2.24) is 25.1 Å². The number of hydrogen-bond acceptors (Lipinski definition) is 6. The molecule has 10 heteroatoms. The molecule has 1 aromatic heterocycles. The summed E-state index contributed by atoms with van der Waals surface area (Å²) in [5.41, 5.74) is 2.48. The lowest BCUT2D eigenvalue weighted by molar-refractivity contribution is -0.116. The van der Waals surface area contributed by atoms with Gasteiger partial charge in [0.25, 0.3) is 5.91 Å². The molecule has 0 atom stereocenters. The number of anilines is 1. The van der Waals surface area contributed by atoms with Gasteiger partial charge in [0, 0.05) is 17.6 Å². The highest BCUT2D eigenvalue weighted by molar-refractivity contribution is 6.31. The summed E-state index contributed by atoms with van der Waals surface area (Å²) in [7, 11) is 3.05. The van der Waals surface area contributed by atoms with Crippen molar-refractivity contribution in [3.05, 3.63) is 58.9 Å². The van der Waals surface area contributed by atoms with Crippen LogP contribution in [-0.4, -0.2) is 57.6 Å². The minimum absolute atomic E-state index is 0.137. The standard InChI is InChI=1S/C19H19ClN6O3/c1-12-8-13(4-6-16(12)26-11-21-23-24-26)19(28)25(2)10-18(27)22-15-9-14(20)5-7-17(15)29-3/h4-9,11H,10H2,1-3H3,(H,22,27). The lowest BCUT2D eigenvalue weighted by atomic mass is 10.1. The van der Waals surface area contributed by atoms with E-state index in [9.17, 15) is 9.59 Å². The van der Waals surface area contributed by atoms with E-state index in [1.165, 1.54) is 23.0 Å². The molecule has 0 saturated heterocycles. The zero-order chi connectivity index (χ0) is 21.0. The molecular formula is C19H19ClN6O3. The van der Waals surface area contributed by atoms with E-state index in [1.807, 2.05) is 6.92 Å². The Kier molecular flexibility index (Phi) is 6.08. The summed E-state index contributed by atoms with van der Waals surface area (Å²) in [4.78, 5) is 26.4. The fourth-order valence-corrected chi connectivity index (χ4v) is 2.96. The normalized spacial score (nSPS) is 10.5. The molecule has 0 bridgehead atoms. The van der Waals surface area contributed by atoms with E-state index in [1.54, 1.807) is 43.4 Å². The van der Waals surface area contributed by atoms with E-state index in [0.29, 0.717) is 22.0 Å². The molecule has 0 aliphatic heterocycles. The van der Waals surface area contributed by atoms with Crippen LogP contribution < -0.4 is 10.1 Å². The number of aryl methyl sites for hydroxylation is 1. The highest BCUT2D eigenvalue weighted by Gasteiger charge is 2.17. The lowest BCUT2D eigenvalue weighted by Crippen LogP contribution is -2.35. The molecule has 0 radical (unpaired) electrons. The number of rotatable bonds is 6. The zero-order valence-corrected chi connectivity index (χ0v) is 16.8. The lowest BCUT2D eigenvalue weighted by Gasteiger charge is -2.18. The van der Waals surface area contributed by atoms with Gasteiger partial charge in [0.05, 0.1) is 25.0 Å². The van der Waals surface area contributed by atoms with Crippen molar-refractivity contribution in [2.45, 2.75) is 6.92 Å². The van der Waals surface area contributed by atoms with E-state index in [0.717, 1.165) is 11.3 Å². The number of methoxy groups -OCH3 is 1. The molecule has 0 spiro atoms. The minimum Gasteiger partial charge on any atom is -0.495 e. The van der Waals surface area contributed by atoms with Crippen LogP contribution in [0.5, 0.6) is 5.75 Å². The molecule has 29 heavy (non-hydrogen) atoms. The number of tetrazole rings is 1. The molecule has 9 nitrogen and oxygen atoms in total. The van der Waals surface area contributed by atoms with E-state index in [4.69, 9.17) is 16.3 Å². The van der Waals surface area contributed by atoms with Crippen molar-refractivity contribution in [1.29, 1.82) is 0 Å². The Labute approximate surface area is 172 Å². The predicted octanol–water partition coefficient (Wildman–Crippen LogP) is 2.34. The third-order valence-electron chi connectivity index (χ3n) is 4.20. The first-order valence-corrected chi connectivity index (χ1v) is 8.99. The Bertz CT molecular complexity index is 1040. The van der Waals surface area contributed by atoms with Gasteiger partial charge in [-0.25, -0.2) is 4.68 Å². The van der Waals surface area contributed by atoms with Gasteiger partial charge in [-0.1, -0.05) is 11.6 Å². The average molecular weight is 415 g/mol. The van der Waals surface area contributed by atoms with Gasteiger partial charge in [0.15, 0.2) is 0 Å². The van der Waals surface area contributed by atoms with Crippen molar-refractivity contribution in [2.24, 2.45) is 0 Å². The maximum absolute atomic E-state index is 12.7. The Hall–Kier alpha value is -3.46. The van der Waals surface area contributed by atoms with E-state index >= 15 is 0 Å². The Morgan fingerprint density at radius 1 is 1.24 bits per heavy atom. The van der Waals surface area contributed by atoms with Gasteiger partial charge in [0.1, 0.15) is 12.1 Å². The van der Waals surface area contributed by atoms with Crippen LogP contribution in [0.3, 0.4) is 0 Å². The quantitative estimate of drug-likeness (QED) is 0.664. The van der Waals surface area contributed by atoms with Gasteiger partial charge >= 0.3 is 0 Å². The van der Waals surface area contributed by atoms with Crippen LogP contribution >= 0.6 is 11.6 Å². The summed E-state index contributed by atoms with van der Waals surface area (Å²) in [6.07, 6.45) is 1.48. The molecule has 0 unspecified atom stereocenters. The van der Waals surface area contributed by atoms with E-state index in [-0.39, 0.29) is 18.4 Å². The number of nitrogens with zero attached hydrogens (tertiary/aromatic N) is 5. The van der Waals surface area contributed by atoms with Crippen LogP contribution in [0.25, 0.3) is 5.69 Å². The van der Waals surface area contributed by atoms with Crippen LogP contribution in [0, 0.1) is 6.92 Å². The first-order valence-electron chi connectivity index (χ1n) is 8.62. The molecule has 0 saturated carbocycles. The summed E-state index contributed by atoms with van der Waals surface area (Å²) >= 11 is 5.97. The van der Waals surface area contributed by atoms with Crippen molar-refractivity contribution >= 4 is 29.1 Å². The number of nitrogens with one attached hydrogen (secondary N) is 1. The molecule has 3 aromatic rings. The van der Waals surface area contributed by atoms with Gasteiger partial charge in [0.2, 0.25) is 5.91 Å². The second-order valence-electron chi connectivity index (χ2n) is 6.31. The maximum atomic E-state index is 12.7. The largest absolute Gasteiger partial charge is 0.495 e. The molecule has 3 rings (SSSR count). The number of benzene rings is 2. The Morgan fingerprint density at radius 2 is 2.03 bits per heavy atom. The van der Waals surface area contributed by atoms with Gasteiger partial charge in [-0.05, 0) is 59.3 Å². The molecular weight excluding hydrogens is 396 g/mol. The number of amides is 2. The predicted molar refractivity (Wildman–Crippen MR) is 107 cm³/mol. The molecule has 0 fully saturated rings. The summed E-state index contributed by atoms with van der Waals surface area (Å²) < 4.78 is 6.72. The molecule has 0 aliphatic rings. The first-order chi connectivity index (χ1) is 13.9. The van der Waals surface area contributed by atoms with Gasteiger partial charge in [-0.2, -0.15) is 0 Å². The van der Waals surface area contributed by atoms with Crippen molar-refractivity contribution in [2.75, 3.05) is 26.0 Å². The van der Waals surface area contributed by atoms with Gasteiger partial charge in [-0.15, -0.1) is 5.10 Å². The van der Waals surface area contributed by atoms with Crippen LogP contribution in [0.4, 0.5) is 5.69 Å². The summed E-state index contributed by atoms with van der Waals surface area (Å²) in [6, 6.07) is 10.0. The fourth-order valence-electron chi connectivity index (χ4n) is 2.79. The van der Waals surface area contributed by atoms with Gasteiger partial charge < -0.3 is 15.0 Å². The van der Waals surface area contributed by atoms with Gasteiger partial charge in [-0.3, -0.25) is 9.59 Å². The number of ether oxygens (including phenoxy) is 1. The fraction of sp³-hybridized carbons (Fsp3) is 0.211. The summed E-state index contributed by atoms with van der Waals surface area (Å²) in [5.74, 6) is -0.182. The Morgan fingerprint density at radius 3 is 2.69 bits per heavy atom. The average Bonchev–Trinajstić information content (AvgIpc) is 3.21. The SMILES string of the molecule is COc1ccc(Cl)cc1NC(=O)CN(C)C(=O)c1ccc(-n2cnnn2)c(C)c1. The number of halogens is 1. The molecule has 2 amide bonds. The third-order valence-corrected chi connectivity index (χ3v) is 4.44. The van der Waals surface area contributed by atoms with Crippen LogP contribution in [0.15, 0.2) is 42.7 Å². The Balaban J connectivity index is 1.68. The highest BCUT2D eigenvalue weighted by Crippen LogP contribution is 2.27. The topological polar surface area (TPSA) is 102 Å². The highest BCUT2D eigenvalue weighted by atomic mass is 35.5. The molecule has 1 N–H and O–H groups in total. The number of carbonyl (C=O) groups excluding carboxylic acids is 2. The number of likely N-dealkylation sites (N-methyl/N-ethyl adjacent to an activating group) is 1. The molecule has 1 heterocycles. The van der Waals surface area contributed by atoms with Crippen LogP contribution in [0.1, 0.15) is 15.9 Å². The van der Waals surface area contributed by atoms with E-state index < -0.39 is 0 Å². The van der Waals surface area contributed by atoms with Crippen LogP contribution in [-0.2, 0) is 4.79 Å². The first kappa shape index (κ1) is 20.3. The second kappa shape index (κ2) is 8.70. The number of hydrogen-bond donors (Lipinski definition) is 1. The monoisotopic (exact) mass is 414 g/mol. The van der Waals surface area contributed by atoms with Crippen molar-refractivity contribution in [3.8, 4) is 11.4 Å². The van der Waals surface area contributed by atoms with Crippen LogP contribution in [0.2, 0.25) is 5.02 Å². The number of carbonyl (C=O) groups is 2. The maximum Gasteiger partial charge on any atom is 0.254 e. The van der Waals surface area contributed by atoms with Crippen molar-refractivity contribution in [3.63, 3.8) is 0 Å². The molecule has 0 aliphatic carbocycles. The molecule has 150 valence electrons. The molecule has 2 aromatic carbocycles. The smallest absolute Gasteiger partial charge is 0.254 e. The van der Waals surface area contributed by atoms with Crippen molar-refractivity contribution < 1.29 is 14.3 Å². The number of aromatic nitrogens is 4.